The van der Waals surface area contributed by atoms with E-state index >= 15 is 0 Å². The minimum Gasteiger partial charge on any atom is -0.321 e. The van der Waals surface area contributed by atoms with Gasteiger partial charge in [0.05, 0.1) is 16.5 Å². The van der Waals surface area contributed by atoms with Gasteiger partial charge in [0.1, 0.15) is 17.4 Å². The van der Waals surface area contributed by atoms with E-state index in [1.165, 1.54) is 0 Å². The zero-order chi connectivity index (χ0) is 14.9. The van der Waals surface area contributed by atoms with Crippen molar-refractivity contribution in [3.63, 3.8) is 0 Å². The van der Waals surface area contributed by atoms with Crippen LogP contribution >= 0.6 is 11.6 Å². The number of rotatable bonds is 4. The summed E-state index contributed by atoms with van der Waals surface area (Å²) in [5, 5.41) is 9.07. The molecular formula is C16H20ClN3. The Labute approximate surface area is 125 Å². The maximum Gasteiger partial charge on any atom is 0.128 e. The molecule has 0 aliphatic rings. The second-order valence-electron chi connectivity index (χ2n) is 5.41. The molecule has 1 atom stereocenters. The predicted octanol–water partition coefficient (Wildman–Crippen LogP) is 4.74. The molecule has 1 heterocycles. The van der Waals surface area contributed by atoms with Gasteiger partial charge in [0, 0.05) is 5.54 Å². The van der Waals surface area contributed by atoms with Crippen molar-refractivity contribution in [1.29, 1.82) is 5.26 Å². The summed E-state index contributed by atoms with van der Waals surface area (Å²) < 4.78 is 2.22. The van der Waals surface area contributed by atoms with Gasteiger partial charge in [0.15, 0.2) is 0 Å². The van der Waals surface area contributed by atoms with E-state index in [9.17, 15) is 5.26 Å². The van der Waals surface area contributed by atoms with E-state index < -0.39 is 0 Å². The third kappa shape index (κ3) is 2.19. The summed E-state index contributed by atoms with van der Waals surface area (Å²) in [5.41, 5.74) is 2.32. The molecule has 106 valence electrons. The van der Waals surface area contributed by atoms with Crippen molar-refractivity contribution in [2.24, 2.45) is 0 Å². The summed E-state index contributed by atoms with van der Waals surface area (Å²) in [4.78, 5) is 4.65. The van der Waals surface area contributed by atoms with Crippen molar-refractivity contribution in [2.75, 3.05) is 0 Å². The van der Waals surface area contributed by atoms with Gasteiger partial charge in [-0.25, -0.2) is 4.98 Å². The molecule has 1 aromatic heterocycles. The third-order valence-electron chi connectivity index (χ3n) is 4.25. The lowest BCUT2D eigenvalue weighted by atomic mass is 9.94. The van der Waals surface area contributed by atoms with Gasteiger partial charge in [-0.15, -0.1) is 11.6 Å². The highest BCUT2D eigenvalue weighted by Crippen LogP contribution is 2.35. The summed E-state index contributed by atoms with van der Waals surface area (Å²) >= 11 is 6.33. The van der Waals surface area contributed by atoms with Crippen LogP contribution in [0.25, 0.3) is 11.0 Å². The Morgan fingerprint density at radius 3 is 2.55 bits per heavy atom. The van der Waals surface area contributed by atoms with Crippen LogP contribution in [0.2, 0.25) is 0 Å². The number of halogens is 1. The SMILES string of the molecule is CCC(C)(CC)n1c(C(C)Cl)nc2c(C#N)cccc21. The van der Waals surface area contributed by atoms with Gasteiger partial charge in [0.25, 0.3) is 0 Å². The van der Waals surface area contributed by atoms with E-state index in [1.807, 2.05) is 19.1 Å². The molecule has 0 saturated carbocycles. The van der Waals surface area contributed by atoms with Gasteiger partial charge in [-0.1, -0.05) is 19.9 Å². The molecule has 2 aromatic rings. The number of aromatic nitrogens is 2. The Hall–Kier alpha value is -1.53. The van der Waals surface area contributed by atoms with E-state index in [2.05, 4.69) is 36.4 Å². The first-order valence-corrected chi connectivity index (χ1v) is 7.48. The van der Waals surface area contributed by atoms with Gasteiger partial charge in [-0.05, 0) is 38.8 Å². The number of alkyl halides is 1. The number of imidazole rings is 1. The highest BCUT2D eigenvalue weighted by Gasteiger charge is 2.29. The molecule has 1 aromatic carbocycles. The smallest absolute Gasteiger partial charge is 0.128 e. The summed E-state index contributed by atoms with van der Waals surface area (Å²) in [6, 6.07) is 7.95. The van der Waals surface area contributed by atoms with Crippen LogP contribution in [0.5, 0.6) is 0 Å². The second-order valence-corrected chi connectivity index (χ2v) is 6.07. The molecular weight excluding hydrogens is 270 g/mol. The van der Waals surface area contributed by atoms with Crippen molar-refractivity contribution in [3.8, 4) is 6.07 Å². The van der Waals surface area contributed by atoms with Gasteiger partial charge in [-0.2, -0.15) is 5.26 Å². The maximum absolute atomic E-state index is 9.26. The third-order valence-corrected chi connectivity index (χ3v) is 4.45. The number of nitrogens with zero attached hydrogens (tertiary/aromatic N) is 3. The minimum atomic E-state index is -0.189. The summed E-state index contributed by atoms with van der Waals surface area (Å²) in [6.07, 6.45) is 1.98. The van der Waals surface area contributed by atoms with Crippen molar-refractivity contribution in [1.82, 2.24) is 9.55 Å². The number of para-hydroxylation sites is 1. The first-order valence-electron chi connectivity index (χ1n) is 7.04. The number of hydrogen-bond donors (Lipinski definition) is 0. The molecule has 0 saturated heterocycles. The standard InChI is InChI=1S/C16H20ClN3/c1-5-16(4,6-2)20-13-9-7-8-12(10-18)14(13)19-15(20)11(3)17/h7-9,11H,5-6H2,1-4H3. The van der Waals surface area contributed by atoms with Crippen LogP contribution in [0.15, 0.2) is 18.2 Å². The molecule has 20 heavy (non-hydrogen) atoms. The Morgan fingerprint density at radius 2 is 2.05 bits per heavy atom. The monoisotopic (exact) mass is 289 g/mol. The van der Waals surface area contributed by atoms with Crippen molar-refractivity contribution >= 4 is 22.6 Å². The normalized spacial score (nSPS) is 13.4. The topological polar surface area (TPSA) is 41.6 Å². The van der Waals surface area contributed by atoms with Crippen LogP contribution in [0.3, 0.4) is 0 Å². The molecule has 3 nitrogen and oxygen atoms in total. The average Bonchev–Trinajstić information content (AvgIpc) is 2.86. The molecule has 0 spiro atoms. The lowest BCUT2D eigenvalue weighted by Gasteiger charge is -2.32. The van der Waals surface area contributed by atoms with Gasteiger partial charge in [0.2, 0.25) is 0 Å². The Balaban J connectivity index is 2.87. The van der Waals surface area contributed by atoms with Crippen LogP contribution in [-0.4, -0.2) is 9.55 Å². The van der Waals surface area contributed by atoms with E-state index in [4.69, 9.17) is 11.6 Å². The quantitative estimate of drug-likeness (QED) is 0.763. The van der Waals surface area contributed by atoms with Crippen molar-refractivity contribution in [2.45, 2.75) is 51.5 Å². The van der Waals surface area contributed by atoms with Crippen LogP contribution in [-0.2, 0) is 5.54 Å². The predicted molar refractivity (Wildman–Crippen MR) is 82.9 cm³/mol. The molecule has 0 radical (unpaired) electrons. The summed E-state index contributed by atoms with van der Waals surface area (Å²) in [6.45, 7) is 8.49. The van der Waals surface area contributed by atoms with Crippen LogP contribution in [0, 0.1) is 11.3 Å². The Morgan fingerprint density at radius 1 is 1.40 bits per heavy atom. The molecule has 0 N–H and O–H groups in total. The fraction of sp³-hybridized carbons (Fsp3) is 0.500. The lowest BCUT2D eigenvalue weighted by molar-refractivity contribution is 0.293. The number of benzene rings is 1. The van der Waals surface area contributed by atoms with Gasteiger partial charge < -0.3 is 4.57 Å². The second kappa shape index (κ2) is 5.46. The largest absolute Gasteiger partial charge is 0.321 e. The van der Waals surface area contributed by atoms with E-state index in [0.29, 0.717) is 5.56 Å². The van der Waals surface area contributed by atoms with Crippen molar-refractivity contribution in [3.05, 3.63) is 29.6 Å². The molecule has 0 amide bonds. The minimum absolute atomic E-state index is 0.0404. The maximum atomic E-state index is 9.26. The molecule has 0 aliphatic carbocycles. The van der Waals surface area contributed by atoms with Crippen LogP contribution < -0.4 is 0 Å². The molecule has 4 heteroatoms. The molecule has 0 fully saturated rings. The summed E-state index contributed by atoms with van der Waals surface area (Å²) in [7, 11) is 0. The summed E-state index contributed by atoms with van der Waals surface area (Å²) in [5.74, 6) is 0.843. The Bertz CT molecular complexity index is 660. The van der Waals surface area contributed by atoms with Crippen LogP contribution in [0.1, 0.15) is 57.3 Å². The van der Waals surface area contributed by atoms with Gasteiger partial charge >= 0.3 is 0 Å². The molecule has 2 rings (SSSR count). The molecule has 1 unspecified atom stereocenters. The first kappa shape index (κ1) is 14.9. The number of hydrogen-bond acceptors (Lipinski definition) is 2. The molecule has 0 bridgehead atoms. The lowest BCUT2D eigenvalue weighted by Crippen LogP contribution is -2.30. The first-order chi connectivity index (χ1) is 9.48. The highest BCUT2D eigenvalue weighted by atomic mass is 35.5. The number of fused-ring (bicyclic) bond motifs is 1. The average molecular weight is 290 g/mol. The van der Waals surface area contributed by atoms with E-state index in [1.54, 1.807) is 6.07 Å². The van der Waals surface area contributed by atoms with E-state index in [0.717, 1.165) is 29.7 Å². The fourth-order valence-corrected chi connectivity index (χ4v) is 2.75. The van der Waals surface area contributed by atoms with E-state index in [-0.39, 0.29) is 10.9 Å². The fourth-order valence-electron chi connectivity index (χ4n) is 2.61. The zero-order valence-electron chi connectivity index (χ0n) is 12.4. The molecule has 0 aliphatic heterocycles. The van der Waals surface area contributed by atoms with Crippen LogP contribution in [0.4, 0.5) is 0 Å². The van der Waals surface area contributed by atoms with Gasteiger partial charge in [-0.3, -0.25) is 0 Å². The zero-order valence-corrected chi connectivity index (χ0v) is 13.2. The Kier molecular flexibility index (Phi) is 4.06. The van der Waals surface area contributed by atoms with Crippen molar-refractivity contribution < 1.29 is 0 Å². The highest BCUT2D eigenvalue weighted by molar-refractivity contribution is 6.20. The number of nitriles is 1.